The van der Waals surface area contributed by atoms with Crippen molar-refractivity contribution < 1.29 is 0 Å². The fraction of sp³-hybridized carbons (Fsp3) is 0.538. The Morgan fingerprint density at radius 2 is 2.12 bits per heavy atom. The van der Waals surface area contributed by atoms with E-state index in [-0.39, 0.29) is 0 Å². The van der Waals surface area contributed by atoms with Crippen LogP contribution in [0.2, 0.25) is 5.02 Å². The number of hydrogen-bond acceptors (Lipinski definition) is 2. The molecule has 1 unspecified atom stereocenters. The van der Waals surface area contributed by atoms with Gasteiger partial charge in [0.25, 0.3) is 0 Å². The molecule has 0 saturated heterocycles. The van der Waals surface area contributed by atoms with Crippen LogP contribution < -0.4 is 5.32 Å². The summed E-state index contributed by atoms with van der Waals surface area (Å²) in [7, 11) is 4.20. The molecule has 0 saturated carbocycles. The first-order valence-corrected chi connectivity index (χ1v) is 6.12. The predicted molar refractivity (Wildman–Crippen MR) is 71.2 cm³/mol. The minimum atomic E-state index is 0.485. The molecule has 16 heavy (non-hydrogen) atoms. The summed E-state index contributed by atoms with van der Waals surface area (Å²) in [4.78, 5) is 2.21. The third-order valence-electron chi connectivity index (χ3n) is 2.45. The maximum absolute atomic E-state index is 5.98. The Hall–Kier alpha value is -0.570. The monoisotopic (exact) mass is 240 g/mol. The average molecular weight is 241 g/mol. The van der Waals surface area contributed by atoms with Crippen molar-refractivity contribution in [3.63, 3.8) is 0 Å². The number of rotatable bonds is 6. The van der Waals surface area contributed by atoms with Crippen LogP contribution in [0.4, 0.5) is 0 Å². The van der Waals surface area contributed by atoms with Crippen LogP contribution in [-0.4, -0.2) is 38.1 Å². The van der Waals surface area contributed by atoms with Gasteiger partial charge >= 0.3 is 0 Å². The normalized spacial score (nSPS) is 13.1. The van der Waals surface area contributed by atoms with Gasteiger partial charge in [0.15, 0.2) is 0 Å². The van der Waals surface area contributed by atoms with Crippen LogP contribution >= 0.6 is 11.6 Å². The van der Waals surface area contributed by atoms with E-state index in [1.54, 1.807) is 0 Å². The molecule has 2 nitrogen and oxygen atoms in total. The summed E-state index contributed by atoms with van der Waals surface area (Å²) in [6.07, 6.45) is 1.02. The van der Waals surface area contributed by atoms with Crippen molar-refractivity contribution in [3.8, 4) is 0 Å². The summed E-state index contributed by atoms with van der Waals surface area (Å²) in [5.74, 6) is 0. The molecule has 0 aliphatic heterocycles. The largest absolute Gasteiger partial charge is 0.313 e. The number of hydrogen-bond donors (Lipinski definition) is 1. The van der Waals surface area contributed by atoms with E-state index in [2.05, 4.69) is 37.3 Å². The lowest BCUT2D eigenvalue weighted by Gasteiger charge is -2.22. The molecule has 0 radical (unpaired) electrons. The van der Waals surface area contributed by atoms with Crippen LogP contribution in [0.5, 0.6) is 0 Å². The Kier molecular flexibility index (Phi) is 5.81. The average Bonchev–Trinajstić information content (AvgIpc) is 2.16. The Morgan fingerprint density at radius 3 is 2.69 bits per heavy atom. The van der Waals surface area contributed by atoms with Crippen molar-refractivity contribution in [3.05, 3.63) is 34.9 Å². The lowest BCUT2D eigenvalue weighted by atomic mass is 10.1. The van der Waals surface area contributed by atoms with Crippen molar-refractivity contribution in [2.45, 2.75) is 19.4 Å². The highest BCUT2D eigenvalue weighted by atomic mass is 35.5. The molecule has 90 valence electrons. The summed E-state index contributed by atoms with van der Waals surface area (Å²) in [6.45, 7) is 4.18. The van der Waals surface area contributed by atoms with Crippen molar-refractivity contribution in [2.75, 3.05) is 27.2 Å². The minimum Gasteiger partial charge on any atom is -0.313 e. The zero-order chi connectivity index (χ0) is 12.0. The minimum absolute atomic E-state index is 0.485. The zero-order valence-corrected chi connectivity index (χ0v) is 11.1. The van der Waals surface area contributed by atoms with E-state index in [1.165, 1.54) is 5.56 Å². The van der Waals surface area contributed by atoms with E-state index in [1.807, 2.05) is 18.2 Å². The van der Waals surface area contributed by atoms with Gasteiger partial charge in [0.2, 0.25) is 0 Å². The van der Waals surface area contributed by atoms with Crippen molar-refractivity contribution in [1.29, 1.82) is 0 Å². The van der Waals surface area contributed by atoms with Gasteiger partial charge in [0.1, 0.15) is 0 Å². The Bertz CT molecular complexity index is 313. The predicted octanol–water partition coefficient (Wildman–Crippen LogP) is 2.42. The second kappa shape index (κ2) is 6.89. The lowest BCUT2D eigenvalue weighted by Crippen LogP contribution is -2.39. The molecular weight excluding hydrogens is 220 g/mol. The van der Waals surface area contributed by atoms with Crippen LogP contribution in [0, 0.1) is 0 Å². The summed E-state index contributed by atoms with van der Waals surface area (Å²) in [5.41, 5.74) is 1.29. The van der Waals surface area contributed by atoms with Crippen LogP contribution in [0.25, 0.3) is 0 Å². The SMILES string of the molecule is CCNC(Cc1cccc(Cl)c1)CN(C)C. The molecule has 3 heteroatoms. The molecule has 1 rings (SSSR count). The van der Waals surface area contributed by atoms with Gasteiger partial charge in [-0.15, -0.1) is 0 Å². The first-order chi connectivity index (χ1) is 7.61. The summed E-state index contributed by atoms with van der Waals surface area (Å²) in [6, 6.07) is 8.58. The van der Waals surface area contributed by atoms with E-state index in [0.29, 0.717) is 6.04 Å². The quantitative estimate of drug-likeness (QED) is 0.822. The lowest BCUT2D eigenvalue weighted by molar-refractivity contribution is 0.339. The van der Waals surface area contributed by atoms with E-state index >= 15 is 0 Å². The molecule has 0 spiro atoms. The van der Waals surface area contributed by atoms with E-state index in [0.717, 1.165) is 24.5 Å². The molecule has 0 fully saturated rings. The summed E-state index contributed by atoms with van der Waals surface area (Å²) < 4.78 is 0. The number of likely N-dealkylation sites (N-methyl/N-ethyl adjacent to an activating group) is 2. The number of nitrogens with zero attached hydrogens (tertiary/aromatic N) is 1. The van der Waals surface area contributed by atoms with Crippen LogP contribution in [0.15, 0.2) is 24.3 Å². The molecule has 0 amide bonds. The fourth-order valence-electron chi connectivity index (χ4n) is 1.88. The number of benzene rings is 1. The summed E-state index contributed by atoms with van der Waals surface area (Å²) >= 11 is 5.98. The van der Waals surface area contributed by atoms with Gasteiger partial charge in [-0.3, -0.25) is 0 Å². The van der Waals surface area contributed by atoms with Gasteiger partial charge in [-0.25, -0.2) is 0 Å². The molecule has 0 heterocycles. The second-order valence-corrected chi connectivity index (χ2v) is 4.79. The van der Waals surface area contributed by atoms with Crippen LogP contribution in [0.3, 0.4) is 0 Å². The first kappa shape index (κ1) is 13.5. The van der Waals surface area contributed by atoms with Gasteiger partial charge in [0, 0.05) is 17.6 Å². The Morgan fingerprint density at radius 1 is 1.38 bits per heavy atom. The Balaban J connectivity index is 2.60. The zero-order valence-electron chi connectivity index (χ0n) is 10.3. The number of halogens is 1. The first-order valence-electron chi connectivity index (χ1n) is 5.74. The highest BCUT2D eigenvalue weighted by Crippen LogP contribution is 2.12. The van der Waals surface area contributed by atoms with Crippen LogP contribution in [0.1, 0.15) is 12.5 Å². The van der Waals surface area contributed by atoms with Gasteiger partial charge in [0.05, 0.1) is 0 Å². The van der Waals surface area contributed by atoms with Crippen molar-refractivity contribution in [1.82, 2.24) is 10.2 Å². The van der Waals surface area contributed by atoms with Gasteiger partial charge in [-0.2, -0.15) is 0 Å². The molecule has 1 aromatic rings. The molecule has 0 bridgehead atoms. The molecule has 1 atom stereocenters. The van der Waals surface area contributed by atoms with Gasteiger partial charge in [-0.1, -0.05) is 30.7 Å². The van der Waals surface area contributed by atoms with Gasteiger partial charge < -0.3 is 10.2 Å². The molecule has 1 aromatic carbocycles. The second-order valence-electron chi connectivity index (χ2n) is 4.35. The number of nitrogens with one attached hydrogen (secondary N) is 1. The maximum Gasteiger partial charge on any atom is 0.0408 e. The molecule has 1 N–H and O–H groups in total. The van der Waals surface area contributed by atoms with Crippen molar-refractivity contribution in [2.24, 2.45) is 0 Å². The molecular formula is C13H21ClN2. The highest BCUT2D eigenvalue weighted by Gasteiger charge is 2.09. The van der Waals surface area contributed by atoms with E-state index in [4.69, 9.17) is 11.6 Å². The molecule has 0 aromatic heterocycles. The van der Waals surface area contributed by atoms with Crippen molar-refractivity contribution >= 4 is 11.6 Å². The molecule has 0 aliphatic carbocycles. The fourth-order valence-corrected chi connectivity index (χ4v) is 2.09. The third kappa shape index (κ3) is 4.97. The molecule has 0 aliphatic rings. The highest BCUT2D eigenvalue weighted by molar-refractivity contribution is 6.30. The standard InChI is InChI=1S/C13H21ClN2/c1-4-15-13(10-16(2)3)9-11-6-5-7-12(14)8-11/h5-8,13,15H,4,9-10H2,1-3H3. The smallest absolute Gasteiger partial charge is 0.0408 e. The van der Waals surface area contributed by atoms with Gasteiger partial charge in [-0.05, 0) is 44.8 Å². The maximum atomic E-state index is 5.98. The third-order valence-corrected chi connectivity index (χ3v) is 2.68. The van der Waals surface area contributed by atoms with E-state index in [9.17, 15) is 0 Å². The van der Waals surface area contributed by atoms with E-state index < -0.39 is 0 Å². The summed E-state index contributed by atoms with van der Waals surface area (Å²) in [5, 5.41) is 4.31. The Labute approximate surface area is 104 Å². The van der Waals surface area contributed by atoms with Crippen LogP contribution in [-0.2, 0) is 6.42 Å². The topological polar surface area (TPSA) is 15.3 Å².